The van der Waals surface area contributed by atoms with Crippen molar-refractivity contribution in [1.29, 1.82) is 0 Å². The highest BCUT2D eigenvalue weighted by Gasteiger charge is 2.42. The molecule has 1 aliphatic heterocycles. The van der Waals surface area contributed by atoms with Crippen molar-refractivity contribution in [2.45, 2.75) is 11.8 Å². The second-order valence-corrected chi connectivity index (χ2v) is 6.88. The summed E-state index contributed by atoms with van der Waals surface area (Å²) in [4.78, 5) is 20.8. The fraction of sp³-hybridized carbons (Fsp3) is 0.417. The zero-order chi connectivity index (χ0) is 15.8. The molecule has 9 heteroatoms. The molecule has 0 bridgehead atoms. The second kappa shape index (κ2) is 5.41. The van der Waals surface area contributed by atoms with Crippen LogP contribution in [-0.2, 0) is 14.8 Å². The molecule has 0 saturated carbocycles. The average Bonchev–Trinajstić information content (AvgIpc) is 2.81. The Bertz CT molecular complexity index is 687. The highest BCUT2D eigenvalue weighted by molar-refractivity contribution is 7.89. The number of para-hydroxylation sites is 1. The molecule has 0 amide bonds. The van der Waals surface area contributed by atoms with Crippen LogP contribution in [0.1, 0.15) is 6.92 Å². The Morgan fingerprint density at radius 3 is 2.52 bits per heavy atom. The summed E-state index contributed by atoms with van der Waals surface area (Å²) in [5, 5.41) is 20.0. The van der Waals surface area contributed by atoms with Crippen LogP contribution in [0.2, 0.25) is 0 Å². The zero-order valence-electron chi connectivity index (χ0n) is 11.2. The average molecular weight is 314 g/mol. The van der Waals surface area contributed by atoms with Crippen molar-refractivity contribution >= 4 is 21.7 Å². The minimum absolute atomic E-state index is 0.0331. The molecule has 114 valence electrons. The van der Waals surface area contributed by atoms with Gasteiger partial charge in [-0.1, -0.05) is 19.1 Å². The maximum absolute atomic E-state index is 12.5. The molecule has 0 radical (unpaired) electrons. The Hall–Kier alpha value is -2.00. The van der Waals surface area contributed by atoms with Gasteiger partial charge in [0.15, 0.2) is 4.90 Å². The minimum atomic E-state index is -4.09. The Morgan fingerprint density at radius 1 is 1.38 bits per heavy atom. The van der Waals surface area contributed by atoms with E-state index in [2.05, 4.69) is 0 Å². The number of benzene rings is 1. The first kappa shape index (κ1) is 15.4. The third kappa shape index (κ3) is 2.74. The normalized spacial score (nSPS) is 23.1. The molecule has 1 heterocycles. The first-order valence-corrected chi connectivity index (χ1v) is 7.65. The number of carboxylic acid groups (broad SMARTS) is 1. The number of aliphatic carboxylic acids is 1. The predicted octanol–water partition coefficient (Wildman–Crippen LogP) is 0.936. The Morgan fingerprint density at radius 2 is 2.00 bits per heavy atom. The van der Waals surface area contributed by atoms with Gasteiger partial charge >= 0.3 is 5.97 Å². The summed E-state index contributed by atoms with van der Waals surface area (Å²) < 4.78 is 26.0. The molecule has 8 nitrogen and oxygen atoms in total. The molecule has 0 aliphatic carbocycles. The van der Waals surface area contributed by atoms with Crippen LogP contribution in [0.4, 0.5) is 5.69 Å². The number of sulfonamides is 1. The van der Waals surface area contributed by atoms with Crippen molar-refractivity contribution in [2.24, 2.45) is 11.8 Å². The SMILES string of the molecule is CC1CN(S(=O)(=O)c2ccccc2[N+](=O)[O-])CC1C(=O)O. The fourth-order valence-corrected chi connectivity index (χ4v) is 4.13. The lowest BCUT2D eigenvalue weighted by atomic mass is 9.99. The van der Waals surface area contributed by atoms with Crippen LogP contribution in [0.5, 0.6) is 0 Å². The maximum atomic E-state index is 12.5. The van der Waals surface area contributed by atoms with Crippen LogP contribution in [-0.4, -0.2) is 41.8 Å². The fourth-order valence-electron chi connectivity index (χ4n) is 2.41. The Balaban J connectivity index is 2.41. The molecule has 0 spiro atoms. The molecular weight excluding hydrogens is 300 g/mol. The van der Waals surface area contributed by atoms with Crippen molar-refractivity contribution < 1.29 is 23.2 Å². The smallest absolute Gasteiger partial charge is 0.308 e. The molecule has 21 heavy (non-hydrogen) atoms. The van der Waals surface area contributed by atoms with Crippen LogP contribution >= 0.6 is 0 Å². The van der Waals surface area contributed by atoms with Crippen molar-refractivity contribution in [3.8, 4) is 0 Å². The van der Waals surface area contributed by atoms with E-state index in [9.17, 15) is 23.3 Å². The van der Waals surface area contributed by atoms with Gasteiger partial charge in [-0.15, -0.1) is 0 Å². The first-order chi connectivity index (χ1) is 9.75. The van der Waals surface area contributed by atoms with E-state index in [1.807, 2.05) is 0 Å². The van der Waals surface area contributed by atoms with Gasteiger partial charge in [-0.3, -0.25) is 14.9 Å². The molecule has 2 unspecified atom stereocenters. The largest absolute Gasteiger partial charge is 0.481 e. The number of carbonyl (C=O) groups is 1. The number of carboxylic acids is 1. The zero-order valence-corrected chi connectivity index (χ0v) is 12.0. The van der Waals surface area contributed by atoms with Gasteiger partial charge in [0.05, 0.1) is 10.8 Å². The van der Waals surface area contributed by atoms with Crippen LogP contribution in [0, 0.1) is 22.0 Å². The van der Waals surface area contributed by atoms with Gasteiger partial charge in [0, 0.05) is 19.2 Å². The van der Waals surface area contributed by atoms with Gasteiger partial charge < -0.3 is 5.11 Å². The number of nitro groups is 1. The van der Waals surface area contributed by atoms with Crippen LogP contribution < -0.4 is 0 Å². The van der Waals surface area contributed by atoms with Gasteiger partial charge in [-0.05, 0) is 12.0 Å². The van der Waals surface area contributed by atoms with Crippen molar-refractivity contribution in [3.63, 3.8) is 0 Å². The number of rotatable bonds is 4. The molecule has 1 aromatic rings. The molecule has 1 fully saturated rings. The minimum Gasteiger partial charge on any atom is -0.481 e. The van der Waals surface area contributed by atoms with Gasteiger partial charge in [-0.25, -0.2) is 8.42 Å². The Labute approximate surface area is 121 Å². The lowest BCUT2D eigenvalue weighted by Crippen LogP contribution is -2.30. The summed E-state index contributed by atoms with van der Waals surface area (Å²) in [6, 6.07) is 5.05. The standard InChI is InChI=1S/C12H14N2O6S/c1-8-6-13(7-9(8)12(15)16)21(19,20)11-5-3-2-4-10(11)14(17)18/h2-5,8-9H,6-7H2,1H3,(H,15,16). The van der Waals surface area contributed by atoms with Gasteiger partial charge in [0.1, 0.15) is 0 Å². The highest BCUT2D eigenvalue weighted by atomic mass is 32.2. The molecule has 2 rings (SSSR count). The van der Waals surface area contributed by atoms with Crippen LogP contribution in [0.15, 0.2) is 29.2 Å². The van der Waals surface area contributed by atoms with E-state index in [0.717, 1.165) is 16.4 Å². The summed E-state index contributed by atoms with van der Waals surface area (Å²) in [6.07, 6.45) is 0. The van der Waals surface area contributed by atoms with E-state index in [1.54, 1.807) is 6.92 Å². The molecule has 2 atom stereocenters. The monoisotopic (exact) mass is 314 g/mol. The summed E-state index contributed by atoms with van der Waals surface area (Å²) in [5.41, 5.74) is -0.510. The third-order valence-electron chi connectivity index (χ3n) is 3.58. The number of hydrogen-bond acceptors (Lipinski definition) is 5. The topological polar surface area (TPSA) is 118 Å². The molecule has 0 aromatic heterocycles. The van der Waals surface area contributed by atoms with E-state index in [4.69, 9.17) is 5.11 Å². The predicted molar refractivity (Wildman–Crippen MR) is 72.1 cm³/mol. The van der Waals surface area contributed by atoms with Gasteiger partial charge in [0.25, 0.3) is 5.69 Å². The van der Waals surface area contributed by atoms with E-state index >= 15 is 0 Å². The van der Waals surface area contributed by atoms with Crippen LogP contribution in [0.25, 0.3) is 0 Å². The van der Waals surface area contributed by atoms with Crippen molar-refractivity contribution in [3.05, 3.63) is 34.4 Å². The first-order valence-electron chi connectivity index (χ1n) is 6.21. The van der Waals surface area contributed by atoms with Crippen molar-refractivity contribution in [1.82, 2.24) is 4.31 Å². The maximum Gasteiger partial charge on any atom is 0.308 e. The van der Waals surface area contributed by atoms with Gasteiger partial charge in [0.2, 0.25) is 10.0 Å². The number of nitro benzene ring substituents is 1. The molecule has 1 N–H and O–H groups in total. The number of nitrogens with zero attached hydrogens (tertiary/aromatic N) is 2. The van der Waals surface area contributed by atoms with Gasteiger partial charge in [-0.2, -0.15) is 4.31 Å². The van der Waals surface area contributed by atoms with E-state index in [0.29, 0.717) is 0 Å². The molecule has 1 aromatic carbocycles. The summed E-state index contributed by atoms with van der Waals surface area (Å²) in [7, 11) is -4.09. The van der Waals surface area contributed by atoms with E-state index in [-0.39, 0.29) is 19.0 Å². The highest BCUT2D eigenvalue weighted by Crippen LogP contribution is 2.32. The quantitative estimate of drug-likeness (QED) is 0.652. The lowest BCUT2D eigenvalue weighted by molar-refractivity contribution is -0.387. The lowest BCUT2D eigenvalue weighted by Gasteiger charge is -2.15. The molecule has 1 saturated heterocycles. The van der Waals surface area contributed by atoms with E-state index < -0.39 is 37.4 Å². The summed E-state index contributed by atoms with van der Waals surface area (Å²) in [5.74, 6) is -2.22. The summed E-state index contributed by atoms with van der Waals surface area (Å²) >= 11 is 0. The van der Waals surface area contributed by atoms with Crippen molar-refractivity contribution in [2.75, 3.05) is 13.1 Å². The summed E-state index contributed by atoms with van der Waals surface area (Å²) in [6.45, 7) is 1.50. The second-order valence-electron chi connectivity index (χ2n) is 4.97. The molecular formula is C12H14N2O6S. The number of hydrogen-bond donors (Lipinski definition) is 1. The van der Waals surface area contributed by atoms with Crippen LogP contribution in [0.3, 0.4) is 0 Å². The third-order valence-corrected chi connectivity index (χ3v) is 5.45. The Kier molecular flexibility index (Phi) is 3.97. The van der Waals surface area contributed by atoms with E-state index in [1.165, 1.54) is 12.1 Å². The molecule has 1 aliphatic rings.